The van der Waals surface area contributed by atoms with Crippen LogP contribution in [0.25, 0.3) is 11.0 Å². The van der Waals surface area contributed by atoms with Crippen LogP contribution in [-0.4, -0.2) is 19.1 Å². The summed E-state index contributed by atoms with van der Waals surface area (Å²) in [5.41, 5.74) is 2.97. The number of hydrogen-bond donors (Lipinski definition) is 0. The van der Waals surface area contributed by atoms with Crippen molar-refractivity contribution >= 4 is 22.6 Å². The number of amides is 1. The van der Waals surface area contributed by atoms with E-state index in [0.717, 1.165) is 17.5 Å². The quantitative estimate of drug-likeness (QED) is 0.330. The normalized spacial score (nSPS) is 14.9. The molecule has 3 aromatic carbocycles. The number of ether oxygens (including phenoxy) is 2. The molecule has 1 aliphatic rings. The van der Waals surface area contributed by atoms with Gasteiger partial charge in [-0.3, -0.25) is 14.5 Å². The van der Waals surface area contributed by atoms with Gasteiger partial charge in [-0.05, 0) is 67.8 Å². The van der Waals surface area contributed by atoms with Gasteiger partial charge < -0.3 is 13.9 Å². The second-order valence-corrected chi connectivity index (χ2v) is 8.57. The fourth-order valence-electron chi connectivity index (χ4n) is 4.57. The molecule has 0 radical (unpaired) electrons. The zero-order valence-electron chi connectivity index (χ0n) is 20.0. The third-order valence-electron chi connectivity index (χ3n) is 6.10. The number of hydrogen-bond acceptors (Lipinski definition) is 5. The van der Waals surface area contributed by atoms with E-state index in [2.05, 4.69) is 0 Å². The van der Waals surface area contributed by atoms with Gasteiger partial charge in [0, 0.05) is 5.69 Å². The lowest BCUT2D eigenvalue weighted by Gasteiger charge is -2.26. The van der Waals surface area contributed by atoms with Crippen molar-refractivity contribution in [2.75, 3.05) is 18.1 Å². The van der Waals surface area contributed by atoms with Crippen LogP contribution in [0, 0.1) is 6.92 Å². The summed E-state index contributed by atoms with van der Waals surface area (Å²) in [5, 5.41) is 0.447. The summed E-state index contributed by atoms with van der Waals surface area (Å²) in [5.74, 6) is 0.940. The first-order valence-corrected chi connectivity index (χ1v) is 11.9. The smallest absolute Gasteiger partial charge is 0.295 e. The molecule has 4 aromatic rings. The molecule has 35 heavy (non-hydrogen) atoms. The number of para-hydroxylation sites is 1. The van der Waals surface area contributed by atoms with Crippen LogP contribution in [0.2, 0.25) is 0 Å². The van der Waals surface area contributed by atoms with Crippen molar-refractivity contribution < 1.29 is 18.7 Å². The van der Waals surface area contributed by atoms with Gasteiger partial charge in [-0.15, -0.1) is 0 Å². The number of aryl methyl sites for hydroxylation is 1. The minimum Gasteiger partial charge on any atom is -0.490 e. The zero-order chi connectivity index (χ0) is 24.5. The van der Waals surface area contributed by atoms with Crippen LogP contribution in [0.4, 0.5) is 5.69 Å². The van der Waals surface area contributed by atoms with Crippen LogP contribution in [0.3, 0.4) is 0 Å². The fourth-order valence-corrected chi connectivity index (χ4v) is 4.57. The van der Waals surface area contributed by atoms with Crippen LogP contribution in [0.15, 0.2) is 75.9 Å². The van der Waals surface area contributed by atoms with E-state index >= 15 is 0 Å². The first kappa shape index (κ1) is 22.7. The van der Waals surface area contributed by atoms with E-state index in [1.54, 1.807) is 29.2 Å². The van der Waals surface area contributed by atoms with Crippen LogP contribution in [0.1, 0.15) is 53.6 Å². The molecule has 0 saturated carbocycles. The molecule has 1 aromatic heterocycles. The molecule has 6 nitrogen and oxygen atoms in total. The molecule has 0 N–H and O–H groups in total. The SMILES string of the molecule is CCCOc1ccc(C2c3c(oc4ccccc4c3=O)C(=O)N2c2cccc(C)c2)cc1OCC. The molecule has 0 bridgehead atoms. The highest BCUT2D eigenvalue weighted by Gasteiger charge is 2.44. The van der Waals surface area contributed by atoms with Crippen LogP contribution in [0.5, 0.6) is 11.5 Å². The number of benzene rings is 3. The van der Waals surface area contributed by atoms with Crippen molar-refractivity contribution in [1.29, 1.82) is 0 Å². The number of rotatable bonds is 7. The summed E-state index contributed by atoms with van der Waals surface area (Å²) in [6, 6.07) is 19.6. The van der Waals surface area contributed by atoms with Crippen LogP contribution < -0.4 is 19.8 Å². The van der Waals surface area contributed by atoms with Gasteiger partial charge in [0.15, 0.2) is 16.9 Å². The highest BCUT2D eigenvalue weighted by Crippen LogP contribution is 2.43. The average molecular weight is 470 g/mol. The van der Waals surface area contributed by atoms with E-state index in [4.69, 9.17) is 13.9 Å². The van der Waals surface area contributed by atoms with Gasteiger partial charge in [0.05, 0.1) is 30.2 Å². The van der Waals surface area contributed by atoms with E-state index in [1.165, 1.54) is 0 Å². The largest absolute Gasteiger partial charge is 0.490 e. The standard InChI is InChI=1S/C29H27NO5/c1-4-15-34-23-14-13-19(17-24(23)33-5-2)26-25-27(31)21-11-6-7-12-22(21)35-28(25)29(32)30(26)20-10-8-9-18(3)16-20/h6-14,16-17,26H,4-5,15H2,1-3H3. The Labute approximate surface area is 203 Å². The summed E-state index contributed by atoms with van der Waals surface area (Å²) in [7, 11) is 0. The van der Waals surface area contributed by atoms with Gasteiger partial charge >= 0.3 is 0 Å². The van der Waals surface area contributed by atoms with Crippen molar-refractivity contribution in [3.8, 4) is 11.5 Å². The maximum absolute atomic E-state index is 13.7. The summed E-state index contributed by atoms with van der Waals surface area (Å²) in [6.07, 6.45) is 0.868. The molecular formula is C29H27NO5. The van der Waals surface area contributed by atoms with Gasteiger partial charge in [-0.1, -0.05) is 37.3 Å². The van der Waals surface area contributed by atoms with E-state index in [-0.39, 0.29) is 17.1 Å². The highest BCUT2D eigenvalue weighted by atomic mass is 16.5. The molecule has 0 fully saturated rings. The monoisotopic (exact) mass is 469 g/mol. The third-order valence-corrected chi connectivity index (χ3v) is 6.10. The lowest BCUT2D eigenvalue weighted by atomic mass is 9.97. The van der Waals surface area contributed by atoms with E-state index in [0.29, 0.717) is 46.9 Å². The van der Waals surface area contributed by atoms with Gasteiger partial charge in [-0.2, -0.15) is 0 Å². The Balaban J connectivity index is 1.75. The van der Waals surface area contributed by atoms with Gasteiger partial charge in [0.25, 0.3) is 5.91 Å². The molecule has 1 aliphatic heterocycles. The molecule has 1 amide bonds. The molecule has 0 aliphatic carbocycles. The molecule has 2 heterocycles. The molecule has 5 rings (SSSR count). The van der Waals surface area contributed by atoms with Gasteiger partial charge in [0.2, 0.25) is 5.76 Å². The summed E-state index contributed by atoms with van der Waals surface area (Å²) in [6.45, 7) is 6.94. The first-order valence-electron chi connectivity index (χ1n) is 11.9. The lowest BCUT2D eigenvalue weighted by molar-refractivity contribution is 0.0971. The summed E-state index contributed by atoms with van der Waals surface area (Å²) < 4.78 is 17.8. The second kappa shape index (κ2) is 9.29. The summed E-state index contributed by atoms with van der Waals surface area (Å²) >= 11 is 0. The molecule has 178 valence electrons. The Kier molecular flexibility index (Phi) is 6.03. The van der Waals surface area contributed by atoms with Crippen molar-refractivity contribution in [2.24, 2.45) is 0 Å². The van der Waals surface area contributed by atoms with E-state index in [1.807, 2.05) is 63.2 Å². The number of carbonyl (C=O) groups excluding carboxylic acids is 1. The fraction of sp³-hybridized carbons (Fsp3) is 0.241. The first-order chi connectivity index (χ1) is 17.0. The molecule has 6 heteroatoms. The Hall–Kier alpha value is -4.06. The Bertz CT molecular complexity index is 1470. The highest BCUT2D eigenvalue weighted by molar-refractivity contribution is 6.10. The van der Waals surface area contributed by atoms with Crippen LogP contribution >= 0.6 is 0 Å². The number of nitrogens with zero attached hydrogens (tertiary/aromatic N) is 1. The minimum absolute atomic E-state index is 0.0736. The van der Waals surface area contributed by atoms with Gasteiger partial charge in [-0.25, -0.2) is 0 Å². The van der Waals surface area contributed by atoms with Crippen molar-refractivity contribution in [2.45, 2.75) is 33.2 Å². The number of carbonyl (C=O) groups is 1. The van der Waals surface area contributed by atoms with Crippen molar-refractivity contribution in [1.82, 2.24) is 0 Å². The zero-order valence-corrected chi connectivity index (χ0v) is 20.0. The minimum atomic E-state index is -0.667. The van der Waals surface area contributed by atoms with Gasteiger partial charge in [0.1, 0.15) is 5.58 Å². The Morgan fingerprint density at radius 3 is 2.51 bits per heavy atom. The van der Waals surface area contributed by atoms with Crippen molar-refractivity contribution in [3.63, 3.8) is 0 Å². The predicted octanol–water partition coefficient (Wildman–Crippen LogP) is 6.04. The number of anilines is 1. The average Bonchev–Trinajstić information content (AvgIpc) is 3.16. The molecule has 0 spiro atoms. The maximum atomic E-state index is 13.7. The third kappa shape index (κ3) is 3.95. The summed E-state index contributed by atoms with van der Waals surface area (Å²) in [4.78, 5) is 29.1. The predicted molar refractivity (Wildman–Crippen MR) is 136 cm³/mol. The lowest BCUT2D eigenvalue weighted by Crippen LogP contribution is -2.29. The topological polar surface area (TPSA) is 69.0 Å². The maximum Gasteiger partial charge on any atom is 0.295 e. The van der Waals surface area contributed by atoms with E-state index < -0.39 is 6.04 Å². The molecule has 1 unspecified atom stereocenters. The van der Waals surface area contributed by atoms with E-state index in [9.17, 15) is 9.59 Å². The molecule has 0 saturated heterocycles. The van der Waals surface area contributed by atoms with Crippen molar-refractivity contribution in [3.05, 3.63) is 99.4 Å². The molecule has 1 atom stereocenters. The number of fused-ring (bicyclic) bond motifs is 2. The Morgan fingerprint density at radius 1 is 0.914 bits per heavy atom. The molecular weight excluding hydrogens is 442 g/mol. The Morgan fingerprint density at radius 2 is 1.74 bits per heavy atom. The second-order valence-electron chi connectivity index (χ2n) is 8.57. The van der Waals surface area contributed by atoms with Crippen LogP contribution in [-0.2, 0) is 0 Å².